The summed E-state index contributed by atoms with van der Waals surface area (Å²) < 4.78 is 25.9. The quantitative estimate of drug-likeness (QED) is 0.644. The maximum atomic E-state index is 11.7. The van der Waals surface area contributed by atoms with Gasteiger partial charge < -0.3 is 11.1 Å². The van der Waals surface area contributed by atoms with Crippen LogP contribution in [0.1, 0.15) is 25.3 Å². The average Bonchev–Trinajstić information content (AvgIpc) is 2.43. The van der Waals surface area contributed by atoms with Crippen LogP contribution in [0.4, 0.5) is 0 Å². The molecule has 20 heavy (non-hydrogen) atoms. The second-order valence-electron chi connectivity index (χ2n) is 4.31. The maximum absolute atomic E-state index is 11.7. The topological polar surface area (TPSA) is 101 Å². The Morgan fingerprint density at radius 1 is 1.25 bits per heavy atom. The van der Waals surface area contributed by atoms with Gasteiger partial charge in [0.15, 0.2) is 0 Å². The Bertz CT molecular complexity index is 526. The Morgan fingerprint density at radius 3 is 2.45 bits per heavy atom. The van der Waals surface area contributed by atoms with Gasteiger partial charge in [-0.05, 0) is 30.7 Å². The van der Waals surface area contributed by atoms with Crippen LogP contribution in [-0.4, -0.2) is 27.4 Å². The summed E-state index contributed by atoms with van der Waals surface area (Å²) in [5, 5.41) is 2.76. The first-order chi connectivity index (χ1) is 9.49. The van der Waals surface area contributed by atoms with Gasteiger partial charge in [0.05, 0.1) is 4.90 Å². The zero-order valence-electron chi connectivity index (χ0n) is 11.6. The fraction of sp³-hybridized carbons (Fsp3) is 0.462. The first-order valence-electron chi connectivity index (χ1n) is 6.55. The number of carbonyl (C=O) groups is 1. The van der Waals surface area contributed by atoms with E-state index < -0.39 is 10.0 Å². The molecule has 0 spiro atoms. The Kier molecular flexibility index (Phi) is 6.63. The van der Waals surface area contributed by atoms with Gasteiger partial charge in [0, 0.05) is 19.5 Å². The highest BCUT2D eigenvalue weighted by Crippen LogP contribution is 2.10. The van der Waals surface area contributed by atoms with Gasteiger partial charge in [0.2, 0.25) is 15.9 Å². The average molecular weight is 299 g/mol. The van der Waals surface area contributed by atoms with Crippen molar-refractivity contribution in [3.63, 3.8) is 0 Å². The first kappa shape index (κ1) is 16.6. The summed E-state index contributed by atoms with van der Waals surface area (Å²) in [7, 11) is -3.42. The fourth-order valence-electron chi connectivity index (χ4n) is 1.61. The van der Waals surface area contributed by atoms with E-state index in [1.54, 1.807) is 19.1 Å². The van der Waals surface area contributed by atoms with Crippen molar-refractivity contribution in [3.8, 4) is 0 Å². The molecular formula is C13H21N3O3S. The third-order valence-electron chi connectivity index (χ3n) is 2.67. The Morgan fingerprint density at radius 2 is 1.90 bits per heavy atom. The van der Waals surface area contributed by atoms with Gasteiger partial charge in [-0.15, -0.1) is 0 Å². The molecule has 4 N–H and O–H groups in total. The minimum Gasteiger partial charge on any atom is -0.352 e. The molecule has 0 heterocycles. The third kappa shape index (κ3) is 5.28. The Labute approximate surface area is 119 Å². The van der Waals surface area contributed by atoms with Crippen molar-refractivity contribution in [1.82, 2.24) is 10.0 Å². The molecule has 0 atom stereocenters. The van der Waals surface area contributed by atoms with Gasteiger partial charge in [-0.25, -0.2) is 13.1 Å². The van der Waals surface area contributed by atoms with Crippen LogP contribution in [0.5, 0.6) is 0 Å². The summed E-state index contributed by atoms with van der Waals surface area (Å²) in [6.45, 7) is 2.94. The van der Waals surface area contributed by atoms with Gasteiger partial charge >= 0.3 is 0 Å². The lowest BCUT2D eigenvalue weighted by atomic mass is 10.2. The molecule has 1 rings (SSSR count). The molecule has 1 aromatic carbocycles. The molecule has 6 nitrogen and oxygen atoms in total. The van der Waals surface area contributed by atoms with Crippen LogP contribution in [0.3, 0.4) is 0 Å². The van der Waals surface area contributed by atoms with Crippen molar-refractivity contribution in [1.29, 1.82) is 0 Å². The van der Waals surface area contributed by atoms with E-state index in [9.17, 15) is 13.2 Å². The molecule has 0 aliphatic rings. The van der Waals surface area contributed by atoms with Crippen molar-refractivity contribution >= 4 is 15.9 Å². The highest BCUT2D eigenvalue weighted by molar-refractivity contribution is 7.89. The fourth-order valence-corrected chi connectivity index (χ4v) is 2.65. The van der Waals surface area contributed by atoms with Crippen molar-refractivity contribution in [3.05, 3.63) is 29.8 Å². The molecule has 0 aromatic heterocycles. The number of hydrogen-bond donors (Lipinski definition) is 3. The number of amides is 1. The van der Waals surface area contributed by atoms with Crippen LogP contribution in [0, 0.1) is 0 Å². The van der Waals surface area contributed by atoms with Crippen molar-refractivity contribution in [2.75, 3.05) is 13.1 Å². The number of carbonyl (C=O) groups excluding carboxylic acids is 1. The molecule has 1 aromatic rings. The van der Waals surface area contributed by atoms with E-state index in [0.29, 0.717) is 32.5 Å². The zero-order valence-corrected chi connectivity index (χ0v) is 12.4. The van der Waals surface area contributed by atoms with Crippen LogP contribution < -0.4 is 15.8 Å². The maximum Gasteiger partial charge on any atom is 0.240 e. The van der Waals surface area contributed by atoms with Crippen LogP contribution in [0.25, 0.3) is 0 Å². The SMILES string of the molecule is CCNS(=O)(=O)c1ccc(CNC(=O)CCCN)cc1. The van der Waals surface area contributed by atoms with E-state index in [2.05, 4.69) is 10.0 Å². The minimum absolute atomic E-state index is 0.0557. The van der Waals surface area contributed by atoms with E-state index >= 15 is 0 Å². The molecule has 0 aliphatic heterocycles. The summed E-state index contributed by atoms with van der Waals surface area (Å²) in [5.74, 6) is -0.0557. The lowest BCUT2D eigenvalue weighted by Gasteiger charge is -2.07. The Hall–Kier alpha value is -1.44. The number of sulfonamides is 1. The molecule has 0 aliphatic carbocycles. The normalized spacial score (nSPS) is 11.3. The summed E-state index contributed by atoms with van der Waals surface area (Å²) in [6, 6.07) is 6.43. The second kappa shape index (κ2) is 7.98. The zero-order chi connectivity index (χ0) is 15.0. The van der Waals surface area contributed by atoms with Gasteiger partial charge in [0.25, 0.3) is 0 Å². The van der Waals surface area contributed by atoms with E-state index in [4.69, 9.17) is 5.73 Å². The highest BCUT2D eigenvalue weighted by Gasteiger charge is 2.11. The summed E-state index contributed by atoms with van der Waals surface area (Å²) >= 11 is 0. The summed E-state index contributed by atoms with van der Waals surface area (Å²) in [5.41, 5.74) is 6.17. The summed E-state index contributed by atoms with van der Waals surface area (Å²) in [4.78, 5) is 11.6. The predicted octanol–water partition coefficient (Wildman–Crippen LogP) is 0.340. The number of benzene rings is 1. The molecule has 112 valence electrons. The van der Waals surface area contributed by atoms with Gasteiger partial charge in [-0.3, -0.25) is 4.79 Å². The summed E-state index contributed by atoms with van der Waals surface area (Å²) in [6.07, 6.45) is 1.06. The number of rotatable bonds is 8. The lowest BCUT2D eigenvalue weighted by molar-refractivity contribution is -0.121. The molecule has 1 amide bonds. The standard InChI is InChI=1S/C13H21N3O3S/c1-2-16-20(18,19)12-7-5-11(6-8-12)10-15-13(17)4-3-9-14/h5-8,16H,2-4,9-10,14H2,1H3,(H,15,17). The van der Waals surface area contributed by atoms with E-state index in [-0.39, 0.29) is 10.8 Å². The van der Waals surface area contributed by atoms with Crippen molar-refractivity contribution in [2.45, 2.75) is 31.2 Å². The van der Waals surface area contributed by atoms with E-state index in [1.165, 1.54) is 12.1 Å². The van der Waals surface area contributed by atoms with E-state index in [1.807, 2.05) is 0 Å². The monoisotopic (exact) mass is 299 g/mol. The van der Waals surface area contributed by atoms with Crippen molar-refractivity contribution < 1.29 is 13.2 Å². The Balaban J connectivity index is 2.57. The molecule has 0 saturated carbocycles. The van der Waals surface area contributed by atoms with Gasteiger partial charge in [-0.2, -0.15) is 0 Å². The number of hydrogen-bond acceptors (Lipinski definition) is 4. The molecular weight excluding hydrogens is 278 g/mol. The van der Waals surface area contributed by atoms with Crippen LogP contribution in [0.15, 0.2) is 29.2 Å². The highest BCUT2D eigenvalue weighted by atomic mass is 32.2. The largest absolute Gasteiger partial charge is 0.352 e. The van der Waals surface area contributed by atoms with Gasteiger partial charge in [-0.1, -0.05) is 19.1 Å². The molecule has 0 bridgehead atoms. The molecule has 0 radical (unpaired) electrons. The predicted molar refractivity (Wildman–Crippen MR) is 77.4 cm³/mol. The van der Waals surface area contributed by atoms with Crippen LogP contribution in [0.2, 0.25) is 0 Å². The smallest absolute Gasteiger partial charge is 0.240 e. The lowest BCUT2D eigenvalue weighted by Crippen LogP contribution is -2.24. The third-order valence-corrected chi connectivity index (χ3v) is 4.23. The molecule has 0 unspecified atom stereocenters. The number of nitrogens with two attached hydrogens (primary N) is 1. The van der Waals surface area contributed by atoms with Crippen molar-refractivity contribution in [2.24, 2.45) is 5.73 Å². The number of nitrogens with one attached hydrogen (secondary N) is 2. The van der Waals surface area contributed by atoms with E-state index in [0.717, 1.165) is 5.56 Å². The molecule has 7 heteroatoms. The molecule has 0 saturated heterocycles. The van der Waals surface area contributed by atoms with Crippen LogP contribution in [-0.2, 0) is 21.4 Å². The van der Waals surface area contributed by atoms with Gasteiger partial charge in [0.1, 0.15) is 0 Å². The second-order valence-corrected chi connectivity index (χ2v) is 6.08. The minimum atomic E-state index is -3.42. The first-order valence-corrected chi connectivity index (χ1v) is 8.03. The van der Waals surface area contributed by atoms with Crippen LogP contribution >= 0.6 is 0 Å². The molecule has 0 fully saturated rings.